The van der Waals surface area contributed by atoms with Crippen LogP contribution in [0, 0.1) is 20.8 Å². The lowest BCUT2D eigenvalue weighted by molar-refractivity contribution is 0.215. The van der Waals surface area contributed by atoms with Crippen LogP contribution in [0.25, 0.3) is 16.6 Å². The van der Waals surface area contributed by atoms with E-state index in [9.17, 15) is 14.7 Å². The normalized spacial score (nSPS) is 16.3. The zero-order valence-corrected chi connectivity index (χ0v) is 19.3. The van der Waals surface area contributed by atoms with Crippen molar-refractivity contribution in [2.45, 2.75) is 40.2 Å². The lowest BCUT2D eigenvalue weighted by atomic mass is 9.93. The van der Waals surface area contributed by atoms with E-state index in [2.05, 4.69) is 20.9 Å². The Morgan fingerprint density at radius 3 is 2.45 bits per heavy atom. The third-order valence-corrected chi connectivity index (χ3v) is 6.79. The third kappa shape index (κ3) is 3.23. The van der Waals surface area contributed by atoms with Crippen LogP contribution in [0.1, 0.15) is 46.5 Å². The first-order valence-electron chi connectivity index (χ1n) is 11.3. The van der Waals surface area contributed by atoms with Gasteiger partial charge in [0.25, 0.3) is 5.56 Å². The molecule has 0 saturated carbocycles. The molecule has 33 heavy (non-hydrogen) atoms. The van der Waals surface area contributed by atoms with Crippen LogP contribution in [-0.4, -0.2) is 37.6 Å². The molecule has 4 aromatic rings. The Morgan fingerprint density at radius 2 is 1.76 bits per heavy atom. The smallest absolute Gasteiger partial charge is 0.335 e. The Morgan fingerprint density at radius 1 is 1.06 bits per heavy atom. The molecule has 1 atom stereocenters. The number of benzene rings is 2. The molecule has 0 spiro atoms. The SMILES string of the molecule is CCN1CCc2c([nH]c3ccccc23)C1c1c(O)n(-c2c(C)cc(C)cc2C)c(=O)[nH]c1=O. The lowest BCUT2D eigenvalue weighted by Crippen LogP contribution is -2.41. The average molecular weight is 445 g/mol. The van der Waals surface area contributed by atoms with Gasteiger partial charge in [0, 0.05) is 23.1 Å². The maximum absolute atomic E-state index is 13.2. The van der Waals surface area contributed by atoms with Gasteiger partial charge >= 0.3 is 5.69 Å². The van der Waals surface area contributed by atoms with Crippen LogP contribution in [0.4, 0.5) is 0 Å². The predicted octanol–water partition coefficient (Wildman–Crippen LogP) is 3.61. The highest BCUT2D eigenvalue weighted by atomic mass is 16.3. The van der Waals surface area contributed by atoms with Crippen molar-refractivity contribution < 1.29 is 5.11 Å². The summed E-state index contributed by atoms with van der Waals surface area (Å²) in [7, 11) is 0. The maximum Gasteiger partial charge on any atom is 0.335 e. The molecule has 0 fully saturated rings. The molecule has 0 amide bonds. The van der Waals surface area contributed by atoms with Gasteiger partial charge in [0.2, 0.25) is 5.88 Å². The van der Waals surface area contributed by atoms with Crippen molar-refractivity contribution in [3.05, 3.63) is 90.7 Å². The second-order valence-corrected chi connectivity index (χ2v) is 8.92. The van der Waals surface area contributed by atoms with Crippen LogP contribution in [-0.2, 0) is 6.42 Å². The van der Waals surface area contributed by atoms with E-state index in [1.165, 1.54) is 4.57 Å². The van der Waals surface area contributed by atoms with Crippen molar-refractivity contribution >= 4 is 10.9 Å². The van der Waals surface area contributed by atoms with Gasteiger partial charge in [-0.05, 0) is 56.5 Å². The van der Waals surface area contributed by atoms with Gasteiger partial charge in [-0.25, -0.2) is 9.36 Å². The van der Waals surface area contributed by atoms with Crippen molar-refractivity contribution in [3.63, 3.8) is 0 Å². The van der Waals surface area contributed by atoms with E-state index in [1.54, 1.807) is 0 Å². The molecule has 0 saturated heterocycles. The van der Waals surface area contributed by atoms with Crippen molar-refractivity contribution in [3.8, 4) is 11.6 Å². The summed E-state index contributed by atoms with van der Waals surface area (Å²) in [4.78, 5) is 34.3. The van der Waals surface area contributed by atoms with Crippen LogP contribution >= 0.6 is 0 Å². The number of hydrogen-bond acceptors (Lipinski definition) is 4. The number of aromatic amines is 2. The molecular formula is C26H28N4O3. The summed E-state index contributed by atoms with van der Waals surface area (Å²) in [6.45, 7) is 9.28. The number of aryl methyl sites for hydroxylation is 3. The molecule has 5 rings (SSSR count). The zero-order valence-electron chi connectivity index (χ0n) is 19.3. The second-order valence-electron chi connectivity index (χ2n) is 8.92. The molecule has 2 aromatic heterocycles. The molecule has 7 heteroatoms. The molecule has 1 aliphatic heterocycles. The topological polar surface area (TPSA) is 94.1 Å². The van der Waals surface area contributed by atoms with Crippen molar-refractivity contribution in [2.24, 2.45) is 0 Å². The number of likely N-dealkylation sites (N-methyl/N-ethyl adjacent to an activating group) is 1. The Labute approximate surface area is 191 Å². The Bertz CT molecular complexity index is 1490. The number of fused-ring (bicyclic) bond motifs is 3. The monoisotopic (exact) mass is 444 g/mol. The highest BCUT2D eigenvalue weighted by Crippen LogP contribution is 2.40. The van der Waals surface area contributed by atoms with E-state index in [0.29, 0.717) is 12.2 Å². The molecule has 170 valence electrons. The van der Waals surface area contributed by atoms with Crippen molar-refractivity contribution in [1.82, 2.24) is 19.4 Å². The fourth-order valence-corrected chi connectivity index (χ4v) is 5.48. The molecule has 7 nitrogen and oxygen atoms in total. The summed E-state index contributed by atoms with van der Waals surface area (Å²) >= 11 is 0. The minimum Gasteiger partial charge on any atom is -0.494 e. The minimum absolute atomic E-state index is 0.184. The van der Waals surface area contributed by atoms with E-state index in [4.69, 9.17) is 0 Å². The van der Waals surface area contributed by atoms with E-state index < -0.39 is 17.3 Å². The van der Waals surface area contributed by atoms with E-state index >= 15 is 0 Å². The van der Waals surface area contributed by atoms with Crippen LogP contribution in [0.2, 0.25) is 0 Å². The number of H-pyrrole nitrogens is 2. The highest BCUT2D eigenvalue weighted by Gasteiger charge is 2.36. The van der Waals surface area contributed by atoms with Gasteiger partial charge in [0.15, 0.2) is 0 Å². The summed E-state index contributed by atoms with van der Waals surface area (Å²) in [5.74, 6) is -0.311. The molecule has 2 aromatic carbocycles. The number of aromatic hydroxyl groups is 1. The first-order valence-corrected chi connectivity index (χ1v) is 11.3. The van der Waals surface area contributed by atoms with Gasteiger partial charge in [-0.2, -0.15) is 0 Å². The molecule has 0 aliphatic carbocycles. The van der Waals surface area contributed by atoms with Crippen LogP contribution in [0.3, 0.4) is 0 Å². The summed E-state index contributed by atoms with van der Waals surface area (Å²) < 4.78 is 1.24. The van der Waals surface area contributed by atoms with E-state index in [1.807, 2.05) is 58.0 Å². The molecule has 1 aliphatic rings. The summed E-state index contributed by atoms with van der Waals surface area (Å²) in [5, 5.41) is 12.6. The fraction of sp³-hybridized carbons (Fsp3) is 0.308. The summed E-state index contributed by atoms with van der Waals surface area (Å²) in [5.41, 5.74) is 5.39. The number of aromatic nitrogens is 3. The number of nitrogens with one attached hydrogen (secondary N) is 2. The fourth-order valence-electron chi connectivity index (χ4n) is 5.48. The molecule has 0 bridgehead atoms. The average Bonchev–Trinajstić information content (AvgIpc) is 3.14. The molecule has 3 N–H and O–H groups in total. The first kappa shape index (κ1) is 21.3. The van der Waals surface area contributed by atoms with Gasteiger partial charge in [-0.1, -0.05) is 42.8 Å². The second kappa shape index (κ2) is 7.78. The molecule has 0 radical (unpaired) electrons. The van der Waals surface area contributed by atoms with Crippen molar-refractivity contribution in [2.75, 3.05) is 13.1 Å². The predicted molar refractivity (Wildman–Crippen MR) is 130 cm³/mol. The quantitative estimate of drug-likeness (QED) is 0.450. The van der Waals surface area contributed by atoms with Gasteiger partial charge in [0.1, 0.15) is 5.56 Å². The Kier molecular flexibility index (Phi) is 5.01. The van der Waals surface area contributed by atoms with Gasteiger partial charge in [0.05, 0.1) is 11.7 Å². The zero-order chi connectivity index (χ0) is 23.4. The van der Waals surface area contributed by atoms with Crippen LogP contribution in [0.5, 0.6) is 5.88 Å². The van der Waals surface area contributed by atoms with Gasteiger partial charge in [-0.3, -0.25) is 14.7 Å². The molecule has 1 unspecified atom stereocenters. The summed E-state index contributed by atoms with van der Waals surface area (Å²) in [6, 6.07) is 11.5. The van der Waals surface area contributed by atoms with Crippen LogP contribution < -0.4 is 11.2 Å². The molecular weight excluding hydrogens is 416 g/mol. The number of rotatable bonds is 3. The first-order chi connectivity index (χ1) is 15.8. The summed E-state index contributed by atoms with van der Waals surface area (Å²) in [6.07, 6.45) is 0.845. The maximum atomic E-state index is 13.2. The van der Waals surface area contributed by atoms with E-state index in [0.717, 1.165) is 51.8 Å². The third-order valence-electron chi connectivity index (χ3n) is 6.79. The number of para-hydroxylation sites is 1. The van der Waals surface area contributed by atoms with Crippen molar-refractivity contribution in [1.29, 1.82) is 0 Å². The van der Waals surface area contributed by atoms with E-state index in [-0.39, 0.29) is 11.4 Å². The van der Waals surface area contributed by atoms with Crippen LogP contribution in [0.15, 0.2) is 46.0 Å². The Balaban J connectivity index is 1.82. The standard InChI is InChI=1S/C26H28N4O3/c1-5-29-11-10-18-17-8-6-7-9-19(17)27-21(18)23(29)20-24(31)28-26(33)30(25(20)32)22-15(3)12-14(2)13-16(22)4/h6-9,12-13,23,27,32H,5,10-11H2,1-4H3,(H,28,31,33). The Hall–Kier alpha value is -3.58. The molecule has 3 heterocycles. The van der Waals surface area contributed by atoms with Gasteiger partial charge < -0.3 is 10.1 Å². The lowest BCUT2D eigenvalue weighted by Gasteiger charge is -2.35. The van der Waals surface area contributed by atoms with Gasteiger partial charge in [-0.15, -0.1) is 0 Å². The highest BCUT2D eigenvalue weighted by molar-refractivity contribution is 5.85. The largest absolute Gasteiger partial charge is 0.494 e. The number of hydrogen-bond donors (Lipinski definition) is 3. The number of nitrogens with zero attached hydrogens (tertiary/aromatic N) is 2. The minimum atomic E-state index is -0.646.